The summed E-state index contributed by atoms with van der Waals surface area (Å²) >= 11 is 3.92. The zero-order chi connectivity index (χ0) is 26.4. The van der Waals surface area contributed by atoms with Crippen molar-refractivity contribution in [2.24, 2.45) is 5.73 Å². The summed E-state index contributed by atoms with van der Waals surface area (Å²) in [7, 11) is 0. The maximum absolute atomic E-state index is 12.6. The Morgan fingerprint density at radius 2 is 1.00 bits per heavy atom. The average Bonchev–Trinajstić information content (AvgIpc) is 2.74. The van der Waals surface area contributed by atoms with Crippen molar-refractivity contribution in [3.8, 4) is 0 Å². The van der Waals surface area contributed by atoms with Gasteiger partial charge in [-0.2, -0.15) is 12.6 Å². The molecule has 0 spiro atoms. The highest BCUT2D eigenvalue weighted by atomic mass is 32.1. The highest BCUT2D eigenvalue weighted by Gasteiger charge is 2.30. The van der Waals surface area contributed by atoms with Crippen molar-refractivity contribution in [3.05, 3.63) is 0 Å². The molecule has 0 radical (unpaired) electrons. The molecule has 0 saturated carbocycles. The number of amides is 3. The minimum atomic E-state index is -1.56. The van der Waals surface area contributed by atoms with E-state index in [9.17, 15) is 33.6 Å². The Morgan fingerprint density at radius 1 is 0.618 bits per heavy atom. The summed E-state index contributed by atoms with van der Waals surface area (Å²) in [6, 6.07) is -5.73. The third kappa shape index (κ3) is 12.6. The maximum Gasteiger partial charge on any atom is 0.326 e. The molecule has 4 atom stereocenters. The van der Waals surface area contributed by atoms with Gasteiger partial charge in [-0.25, -0.2) is 4.79 Å². The SMILES string of the molecule is NC(CCC(=O)O)C(=O)NC(CCC(=O)O)C(=O)NC(CS)C(=O)NC(CCC(=O)O)C(=O)O. The first-order valence-corrected chi connectivity index (χ1v) is 10.6. The van der Waals surface area contributed by atoms with Crippen molar-refractivity contribution in [1.82, 2.24) is 16.0 Å². The third-order valence-electron chi connectivity index (χ3n) is 4.36. The number of hydrogen-bond acceptors (Lipinski definition) is 9. The lowest BCUT2D eigenvalue weighted by Gasteiger charge is -2.24. The Morgan fingerprint density at radius 3 is 1.44 bits per heavy atom. The molecule has 0 aliphatic heterocycles. The monoisotopic (exact) mass is 508 g/mol. The van der Waals surface area contributed by atoms with Crippen molar-refractivity contribution in [1.29, 1.82) is 0 Å². The van der Waals surface area contributed by atoms with Crippen molar-refractivity contribution in [2.45, 2.75) is 62.7 Å². The van der Waals surface area contributed by atoms with Gasteiger partial charge in [0.2, 0.25) is 17.7 Å². The van der Waals surface area contributed by atoms with Gasteiger partial charge in [0.25, 0.3) is 0 Å². The predicted octanol–water partition coefficient (Wildman–Crippen LogP) is -2.62. The van der Waals surface area contributed by atoms with Crippen molar-refractivity contribution in [3.63, 3.8) is 0 Å². The molecule has 0 heterocycles. The molecule has 15 nitrogen and oxygen atoms in total. The molecule has 4 unspecified atom stereocenters. The largest absolute Gasteiger partial charge is 0.481 e. The number of nitrogens with two attached hydrogens (primary N) is 1. The molecular weight excluding hydrogens is 480 g/mol. The first kappa shape index (κ1) is 30.6. The summed E-state index contributed by atoms with van der Waals surface area (Å²) in [5.74, 6) is -8.49. The third-order valence-corrected chi connectivity index (χ3v) is 4.73. The van der Waals surface area contributed by atoms with E-state index in [1.807, 2.05) is 0 Å². The fraction of sp³-hybridized carbons (Fsp3) is 0.611. The number of carbonyl (C=O) groups excluding carboxylic acids is 3. The molecule has 0 fully saturated rings. The predicted molar refractivity (Wildman–Crippen MR) is 116 cm³/mol. The maximum atomic E-state index is 12.6. The van der Waals surface area contributed by atoms with Gasteiger partial charge < -0.3 is 42.1 Å². The molecule has 192 valence electrons. The van der Waals surface area contributed by atoms with Gasteiger partial charge in [0.15, 0.2) is 0 Å². The van der Waals surface area contributed by atoms with E-state index in [1.54, 1.807) is 0 Å². The van der Waals surface area contributed by atoms with Crippen molar-refractivity contribution >= 4 is 54.2 Å². The minimum absolute atomic E-state index is 0.247. The lowest BCUT2D eigenvalue weighted by atomic mass is 10.1. The number of carbonyl (C=O) groups is 7. The molecule has 16 heteroatoms. The lowest BCUT2D eigenvalue weighted by Crippen LogP contribution is -2.57. The Bertz CT molecular complexity index is 792. The van der Waals surface area contributed by atoms with Gasteiger partial charge >= 0.3 is 23.9 Å². The van der Waals surface area contributed by atoms with Crippen LogP contribution in [0.25, 0.3) is 0 Å². The second-order valence-corrected chi connectivity index (χ2v) is 7.47. The van der Waals surface area contributed by atoms with E-state index in [0.717, 1.165) is 0 Å². The van der Waals surface area contributed by atoms with Crippen LogP contribution in [0.15, 0.2) is 0 Å². The highest BCUT2D eigenvalue weighted by molar-refractivity contribution is 7.80. The van der Waals surface area contributed by atoms with E-state index in [4.69, 9.17) is 26.2 Å². The molecule has 0 rings (SSSR count). The quantitative estimate of drug-likeness (QED) is 0.0914. The average molecular weight is 509 g/mol. The van der Waals surface area contributed by atoms with Crippen molar-refractivity contribution < 1.29 is 54.0 Å². The fourth-order valence-corrected chi connectivity index (χ4v) is 2.75. The Kier molecular flexibility index (Phi) is 13.9. The van der Waals surface area contributed by atoms with Gasteiger partial charge in [0.05, 0.1) is 6.04 Å². The summed E-state index contributed by atoms with van der Waals surface area (Å²) in [5.41, 5.74) is 5.58. The lowest BCUT2D eigenvalue weighted by molar-refractivity contribution is -0.143. The number of carboxylic acid groups (broad SMARTS) is 4. The molecule has 0 aromatic carbocycles. The van der Waals surface area contributed by atoms with Crippen LogP contribution in [-0.2, 0) is 33.6 Å². The Hall–Kier alpha value is -3.40. The van der Waals surface area contributed by atoms with Crippen LogP contribution in [0.4, 0.5) is 0 Å². The van der Waals surface area contributed by atoms with Gasteiger partial charge in [-0.3, -0.25) is 28.8 Å². The number of aliphatic carboxylic acids is 4. The highest BCUT2D eigenvalue weighted by Crippen LogP contribution is 2.04. The van der Waals surface area contributed by atoms with E-state index in [-0.39, 0.29) is 12.2 Å². The van der Waals surface area contributed by atoms with Crippen LogP contribution in [0.1, 0.15) is 38.5 Å². The van der Waals surface area contributed by atoms with Gasteiger partial charge in [-0.1, -0.05) is 0 Å². The second kappa shape index (κ2) is 15.4. The van der Waals surface area contributed by atoms with Crippen LogP contribution < -0.4 is 21.7 Å². The zero-order valence-corrected chi connectivity index (χ0v) is 18.8. The standard InChI is InChI=1S/C18H28N4O11S/c19-8(1-4-12(23)24)15(29)20-9(2-5-13(25)26)16(30)22-11(7-34)17(31)21-10(18(32)33)3-6-14(27)28/h8-11,34H,1-7,19H2,(H,20,29)(H,21,31)(H,22,30)(H,23,24)(H,25,26)(H,27,28)(H,32,33). The van der Waals surface area contributed by atoms with Crippen molar-refractivity contribution in [2.75, 3.05) is 5.75 Å². The molecule has 0 aliphatic carbocycles. The summed E-state index contributed by atoms with van der Waals surface area (Å²) in [6.07, 6.45) is -2.57. The normalized spacial score (nSPS) is 14.1. The molecular formula is C18H28N4O11S. The molecule has 0 aromatic heterocycles. The molecule has 0 aromatic rings. The summed E-state index contributed by atoms with van der Waals surface area (Å²) in [5, 5.41) is 41.9. The molecule has 0 bridgehead atoms. The minimum Gasteiger partial charge on any atom is -0.481 e. The van der Waals surface area contributed by atoms with E-state index in [0.29, 0.717) is 0 Å². The van der Waals surface area contributed by atoms with Crippen LogP contribution in [0.5, 0.6) is 0 Å². The Labute approximate surface area is 198 Å². The summed E-state index contributed by atoms with van der Waals surface area (Å²) < 4.78 is 0. The number of thiol groups is 1. The van der Waals surface area contributed by atoms with Crippen LogP contribution in [0.3, 0.4) is 0 Å². The molecule has 0 saturated heterocycles. The van der Waals surface area contributed by atoms with E-state index < -0.39 is 97.9 Å². The molecule has 0 aliphatic rings. The topological polar surface area (TPSA) is 263 Å². The summed E-state index contributed by atoms with van der Waals surface area (Å²) in [4.78, 5) is 80.6. The molecule has 3 amide bonds. The fourth-order valence-electron chi connectivity index (χ4n) is 2.49. The summed E-state index contributed by atoms with van der Waals surface area (Å²) in [6.45, 7) is 0. The van der Waals surface area contributed by atoms with Crippen LogP contribution in [-0.4, -0.2) is 91.9 Å². The Balaban J connectivity index is 5.29. The number of hydrogen-bond donors (Lipinski definition) is 9. The van der Waals surface area contributed by atoms with E-state index in [1.165, 1.54) is 0 Å². The number of rotatable bonds is 17. The second-order valence-electron chi connectivity index (χ2n) is 7.11. The van der Waals surface area contributed by atoms with Crippen LogP contribution in [0.2, 0.25) is 0 Å². The number of carboxylic acids is 4. The first-order valence-electron chi connectivity index (χ1n) is 9.94. The van der Waals surface area contributed by atoms with Gasteiger partial charge in [0.1, 0.15) is 18.1 Å². The van der Waals surface area contributed by atoms with Crippen LogP contribution >= 0.6 is 12.6 Å². The van der Waals surface area contributed by atoms with E-state index >= 15 is 0 Å². The number of nitrogens with one attached hydrogen (secondary N) is 3. The molecule has 34 heavy (non-hydrogen) atoms. The van der Waals surface area contributed by atoms with Gasteiger partial charge in [-0.15, -0.1) is 0 Å². The van der Waals surface area contributed by atoms with Crippen LogP contribution in [0, 0.1) is 0 Å². The smallest absolute Gasteiger partial charge is 0.326 e. The van der Waals surface area contributed by atoms with E-state index in [2.05, 4.69) is 28.6 Å². The van der Waals surface area contributed by atoms with Gasteiger partial charge in [0, 0.05) is 25.0 Å². The van der Waals surface area contributed by atoms with Gasteiger partial charge in [-0.05, 0) is 19.3 Å². The molecule has 9 N–H and O–H groups in total. The first-order chi connectivity index (χ1) is 15.8. The zero-order valence-electron chi connectivity index (χ0n) is 17.9.